The molecule has 1 amide bonds. The van der Waals surface area contributed by atoms with Gasteiger partial charge in [0.15, 0.2) is 5.82 Å². The fourth-order valence-corrected chi connectivity index (χ4v) is 3.88. The van der Waals surface area contributed by atoms with Gasteiger partial charge in [-0.15, -0.1) is 0 Å². The highest BCUT2D eigenvalue weighted by molar-refractivity contribution is 6.02. The van der Waals surface area contributed by atoms with Crippen LogP contribution in [0.4, 0.5) is 0 Å². The van der Waals surface area contributed by atoms with E-state index < -0.39 is 11.4 Å². The van der Waals surface area contributed by atoms with Crippen LogP contribution >= 0.6 is 0 Å². The standard InChI is InChI=1S/C16H23N3O4/c20-14(16(15(21)22)7-3-1-2-4-8-16)19-9-5-6-12(10-19)13-17-11-23-18-13/h11-12H,1-10H2,(H,21,22). The third-order valence-corrected chi connectivity index (χ3v) is 5.23. The van der Waals surface area contributed by atoms with Crippen molar-refractivity contribution in [1.82, 2.24) is 15.0 Å². The van der Waals surface area contributed by atoms with Gasteiger partial charge in [0, 0.05) is 19.0 Å². The molecule has 1 saturated carbocycles. The van der Waals surface area contributed by atoms with Crippen molar-refractivity contribution in [3.63, 3.8) is 0 Å². The average Bonchev–Trinajstić information content (AvgIpc) is 2.98. The number of rotatable bonds is 3. The Kier molecular flexibility index (Phi) is 4.63. The van der Waals surface area contributed by atoms with Crippen LogP contribution in [0.5, 0.6) is 0 Å². The SMILES string of the molecule is O=C(O)C1(C(=O)N2CCCC(c3ncon3)C2)CCCCCC1. The molecule has 1 aliphatic carbocycles. The lowest BCUT2D eigenvalue weighted by Gasteiger charge is -2.37. The van der Waals surface area contributed by atoms with Crippen molar-refractivity contribution in [2.24, 2.45) is 5.41 Å². The quantitative estimate of drug-likeness (QED) is 0.677. The number of carbonyl (C=O) groups is 2. The van der Waals surface area contributed by atoms with Crippen LogP contribution in [0.15, 0.2) is 10.9 Å². The smallest absolute Gasteiger partial charge is 0.319 e. The third-order valence-electron chi connectivity index (χ3n) is 5.23. The first-order valence-corrected chi connectivity index (χ1v) is 8.42. The topological polar surface area (TPSA) is 96.5 Å². The van der Waals surface area contributed by atoms with Crippen LogP contribution in [0.1, 0.15) is 63.1 Å². The van der Waals surface area contributed by atoms with Crippen molar-refractivity contribution in [3.8, 4) is 0 Å². The maximum absolute atomic E-state index is 13.1. The van der Waals surface area contributed by atoms with E-state index in [-0.39, 0.29) is 11.8 Å². The number of aromatic nitrogens is 2. The van der Waals surface area contributed by atoms with Gasteiger partial charge in [0.2, 0.25) is 12.3 Å². The van der Waals surface area contributed by atoms with Crippen LogP contribution in [0, 0.1) is 5.41 Å². The van der Waals surface area contributed by atoms with Crippen molar-refractivity contribution < 1.29 is 19.2 Å². The summed E-state index contributed by atoms with van der Waals surface area (Å²) in [5, 5.41) is 13.7. The molecular formula is C16H23N3O4. The van der Waals surface area contributed by atoms with E-state index in [0.29, 0.717) is 31.8 Å². The molecule has 2 aliphatic rings. The first-order valence-electron chi connectivity index (χ1n) is 8.42. The van der Waals surface area contributed by atoms with Gasteiger partial charge >= 0.3 is 5.97 Å². The van der Waals surface area contributed by atoms with Crippen molar-refractivity contribution in [2.75, 3.05) is 13.1 Å². The maximum atomic E-state index is 13.1. The molecule has 1 aliphatic heterocycles. The van der Waals surface area contributed by atoms with Crippen molar-refractivity contribution in [2.45, 2.75) is 57.3 Å². The van der Waals surface area contributed by atoms with E-state index in [1.807, 2.05) is 0 Å². The second-order valence-electron chi connectivity index (χ2n) is 6.68. The highest BCUT2D eigenvalue weighted by atomic mass is 16.5. The number of carboxylic acids is 1. The van der Waals surface area contributed by atoms with Gasteiger partial charge in [0.25, 0.3) is 0 Å². The Hall–Kier alpha value is -1.92. The minimum Gasteiger partial charge on any atom is -0.480 e. The molecule has 1 aromatic heterocycles. The predicted octanol–water partition coefficient (Wildman–Crippen LogP) is 2.20. The molecule has 7 nitrogen and oxygen atoms in total. The fraction of sp³-hybridized carbons (Fsp3) is 0.750. The molecule has 7 heteroatoms. The molecule has 1 aromatic rings. The van der Waals surface area contributed by atoms with Crippen LogP contribution in [-0.2, 0) is 9.59 Å². The van der Waals surface area contributed by atoms with E-state index in [1.165, 1.54) is 6.39 Å². The first-order chi connectivity index (χ1) is 11.1. The summed E-state index contributed by atoms with van der Waals surface area (Å²) in [7, 11) is 0. The largest absolute Gasteiger partial charge is 0.480 e. The summed E-state index contributed by atoms with van der Waals surface area (Å²) in [5.74, 6) is -0.554. The highest BCUT2D eigenvalue weighted by Gasteiger charge is 2.48. The van der Waals surface area contributed by atoms with E-state index in [1.54, 1.807) is 4.90 Å². The summed E-state index contributed by atoms with van der Waals surface area (Å²) in [6.45, 7) is 1.09. The average molecular weight is 321 g/mol. The molecule has 0 radical (unpaired) electrons. The number of carboxylic acid groups (broad SMARTS) is 1. The van der Waals surface area contributed by atoms with Gasteiger partial charge in [-0.25, -0.2) is 0 Å². The molecule has 1 atom stereocenters. The van der Waals surface area contributed by atoms with Gasteiger partial charge in [-0.2, -0.15) is 4.98 Å². The Balaban J connectivity index is 1.78. The Morgan fingerprint density at radius 1 is 1.22 bits per heavy atom. The van der Waals surface area contributed by atoms with Crippen molar-refractivity contribution in [1.29, 1.82) is 0 Å². The molecular weight excluding hydrogens is 298 g/mol. The maximum Gasteiger partial charge on any atom is 0.319 e. The van der Waals surface area contributed by atoms with Gasteiger partial charge in [-0.1, -0.05) is 30.8 Å². The van der Waals surface area contributed by atoms with E-state index >= 15 is 0 Å². The summed E-state index contributed by atoms with van der Waals surface area (Å²) in [4.78, 5) is 30.8. The van der Waals surface area contributed by atoms with Gasteiger partial charge in [0.1, 0.15) is 5.41 Å². The van der Waals surface area contributed by atoms with E-state index in [2.05, 4.69) is 10.1 Å². The molecule has 1 saturated heterocycles. The normalized spacial score (nSPS) is 24.9. The number of amides is 1. The summed E-state index contributed by atoms with van der Waals surface area (Å²) in [6, 6.07) is 0. The molecule has 0 bridgehead atoms. The fourth-order valence-electron chi connectivity index (χ4n) is 3.88. The van der Waals surface area contributed by atoms with Gasteiger partial charge in [-0.3, -0.25) is 9.59 Å². The second-order valence-corrected chi connectivity index (χ2v) is 6.68. The van der Waals surface area contributed by atoms with E-state index in [0.717, 1.165) is 38.5 Å². The van der Waals surface area contributed by atoms with Gasteiger partial charge in [-0.05, 0) is 25.7 Å². The summed E-state index contributed by atoms with van der Waals surface area (Å²) in [5.41, 5.74) is -1.24. The van der Waals surface area contributed by atoms with E-state index in [4.69, 9.17) is 4.52 Å². The van der Waals surface area contributed by atoms with Crippen LogP contribution in [-0.4, -0.2) is 45.1 Å². The van der Waals surface area contributed by atoms with Crippen LogP contribution in [0.2, 0.25) is 0 Å². The van der Waals surface area contributed by atoms with Crippen molar-refractivity contribution in [3.05, 3.63) is 12.2 Å². The summed E-state index contributed by atoms with van der Waals surface area (Å²) >= 11 is 0. The van der Waals surface area contributed by atoms with Gasteiger partial charge < -0.3 is 14.5 Å². The first kappa shape index (κ1) is 16.0. The molecule has 0 aromatic carbocycles. The molecule has 1 unspecified atom stereocenters. The zero-order valence-electron chi connectivity index (χ0n) is 13.2. The van der Waals surface area contributed by atoms with Gasteiger partial charge in [0.05, 0.1) is 0 Å². The lowest BCUT2D eigenvalue weighted by Crippen LogP contribution is -2.51. The number of likely N-dealkylation sites (tertiary alicyclic amines) is 1. The molecule has 2 fully saturated rings. The van der Waals surface area contributed by atoms with Crippen LogP contribution in [0.3, 0.4) is 0 Å². The second kappa shape index (κ2) is 6.68. The number of hydrogen-bond acceptors (Lipinski definition) is 5. The zero-order chi connectivity index (χ0) is 16.3. The minimum atomic E-state index is -1.24. The molecule has 23 heavy (non-hydrogen) atoms. The predicted molar refractivity (Wildman–Crippen MR) is 80.6 cm³/mol. The number of nitrogens with zero attached hydrogens (tertiary/aromatic N) is 3. The highest BCUT2D eigenvalue weighted by Crippen LogP contribution is 2.38. The zero-order valence-corrected chi connectivity index (χ0v) is 13.2. The summed E-state index contributed by atoms with van der Waals surface area (Å²) < 4.78 is 4.80. The van der Waals surface area contributed by atoms with Crippen molar-refractivity contribution >= 4 is 11.9 Å². The van der Waals surface area contributed by atoms with E-state index in [9.17, 15) is 14.7 Å². The molecule has 2 heterocycles. The van der Waals surface area contributed by atoms with Crippen LogP contribution in [0.25, 0.3) is 0 Å². The monoisotopic (exact) mass is 321 g/mol. The lowest BCUT2D eigenvalue weighted by atomic mass is 9.78. The molecule has 0 spiro atoms. The number of piperidine rings is 1. The molecule has 3 rings (SSSR count). The Morgan fingerprint density at radius 3 is 2.57 bits per heavy atom. The third kappa shape index (κ3) is 3.09. The number of aliphatic carboxylic acids is 1. The summed E-state index contributed by atoms with van der Waals surface area (Å²) in [6.07, 6.45) is 7.54. The molecule has 1 N–H and O–H groups in total. The van der Waals surface area contributed by atoms with Crippen LogP contribution < -0.4 is 0 Å². The lowest BCUT2D eigenvalue weighted by molar-refractivity contribution is -0.162. The Bertz CT molecular complexity index is 550. The Morgan fingerprint density at radius 2 is 1.96 bits per heavy atom. The molecule has 126 valence electrons. The number of hydrogen-bond donors (Lipinski definition) is 1. The Labute approximate surface area is 135 Å². The number of carbonyl (C=O) groups excluding carboxylic acids is 1. The minimum absolute atomic E-state index is 0.0306.